The zero-order valence-electron chi connectivity index (χ0n) is 9.65. The van der Waals surface area contributed by atoms with Crippen LogP contribution < -0.4 is 8.35 Å². The molecule has 2 nitrogen and oxygen atoms in total. The van der Waals surface area contributed by atoms with Crippen LogP contribution in [0.2, 0.25) is 4.47 Å². The van der Waals surface area contributed by atoms with Gasteiger partial charge in [-0.15, -0.1) is 0 Å². The van der Waals surface area contributed by atoms with E-state index >= 15 is 0 Å². The average Bonchev–Trinajstić information content (AvgIpc) is 2.38. The van der Waals surface area contributed by atoms with Crippen molar-refractivity contribution in [3.8, 4) is 5.75 Å². The molecule has 16 heavy (non-hydrogen) atoms. The van der Waals surface area contributed by atoms with Gasteiger partial charge in [-0.3, -0.25) is 0 Å². The second kappa shape index (κ2) is 6.49. The third-order valence-electron chi connectivity index (χ3n) is 2.77. The fourth-order valence-electron chi connectivity index (χ4n) is 1.80. The van der Waals surface area contributed by atoms with Crippen molar-refractivity contribution in [1.29, 1.82) is 0 Å². The summed E-state index contributed by atoms with van der Waals surface area (Å²) < 4.78 is 13.7. The summed E-state index contributed by atoms with van der Waals surface area (Å²) in [5.41, 5.74) is 0. The maximum atomic E-state index is 5.75. The van der Waals surface area contributed by atoms with E-state index in [1.165, 1.54) is 27.3 Å². The van der Waals surface area contributed by atoms with Crippen molar-refractivity contribution in [3.05, 3.63) is 24.3 Å². The molecule has 3 heteroatoms. The Morgan fingerprint density at radius 1 is 1.31 bits per heavy atom. The minimum absolute atomic E-state index is 0.0794. The van der Waals surface area contributed by atoms with Crippen LogP contribution in [0, 0.1) is 0 Å². The van der Waals surface area contributed by atoms with Crippen LogP contribution in [0.15, 0.2) is 24.3 Å². The zero-order chi connectivity index (χ0) is 11.2. The van der Waals surface area contributed by atoms with Gasteiger partial charge in [-0.1, -0.05) is 0 Å². The van der Waals surface area contributed by atoms with E-state index < -0.39 is 0 Å². The van der Waals surface area contributed by atoms with E-state index in [1.54, 1.807) is 7.11 Å². The van der Waals surface area contributed by atoms with Crippen molar-refractivity contribution in [2.75, 3.05) is 13.7 Å². The summed E-state index contributed by atoms with van der Waals surface area (Å²) in [6, 6.07) is 8.51. The van der Waals surface area contributed by atoms with Gasteiger partial charge >= 0.3 is 108 Å². The first-order chi connectivity index (χ1) is 7.88. The summed E-state index contributed by atoms with van der Waals surface area (Å²) in [5, 5.41) is 0. The van der Waals surface area contributed by atoms with Crippen molar-refractivity contribution in [3.63, 3.8) is 0 Å². The van der Waals surface area contributed by atoms with Crippen LogP contribution in [-0.4, -0.2) is 40.7 Å². The summed E-state index contributed by atoms with van der Waals surface area (Å²) >= 11 is -0.0794. The van der Waals surface area contributed by atoms with Crippen molar-refractivity contribution in [2.24, 2.45) is 0 Å². The average molecular weight is 334 g/mol. The van der Waals surface area contributed by atoms with E-state index in [2.05, 4.69) is 24.3 Å². The molecule has 2 rings (SSSR count). The molecule has 1 aliphatic heterocycles. The molecule has 0 amide bonds. The molecule has 0 radical (unpaired) electrons. The molecule has 1 atom stereocenters. The van der Waals surface area contributed by atoms with Gasteiger partial charge in [0.05, 0.1) is 0 Å². The van der Waals surface area contributed by atoms with Crippen LogP contribution in [0.4, 0.5) is 0 Å². The Bertz CT molecular complexity index is 304. The van der Waals surface area contributed by atoms with Gasteiger partial charge in [-0.25, -0.2) is 0 Å². The molecule has 1 heterocycles. The van der Waals surface area contributed by atoms with Crippen LogP contribution in [0.25, 0.3) is 0 Å². The predicted octanol–water partition coefficient (Wildman–Crippen LogP) is 2.01. The fourth-order valence-corrected chi connectivity index (χ4v) is 4.57. The molecule has 1 aromatic carbocycles. The molecular weight excluding hydrogens is 316 g/mol. The van der Waals surface area contributed by atoms with Crippen LogP contribution >= 0.6 is 0 Å². The number of hydrogen-bond donors (Lipinski definition) is 0. The summed E-state index contributed by atoms with van der Waals surface area (Å²) in [6.07, 6.45) is 4.40. The van der Waals surface area contributed by atoms with Gasteiger partial charge in [0.1, 0.15) is 0 Å². The Morgan fingerprint density at radius 2 is 2.12 bits per heavy atom. The Hall–Kier alpha value is -0.230. The molecule has 0 aromatic heterocycles. The summed E-state index contributed by atoms with van der Waals surface area (Å²) in [4.78, 5) is 0. The van der Waals surface area contributed by atoms with E-state index in [0.717, 1.165) is 12.4 Å². The van der Waals surface area contributed by atoms with Crippen molar-refractivity contribution < 1.29 is 9.47 Å². The van der Waals surface area contributed by atoms with Gasteiger partial charge in [-0.05, 0) is 0 Å². The van der Waals surface area contributed by atoms with Crippen molar-refractivity contribution >= 4 is 24.5 Å². The van der Waals surface area contributed by atoms with Crippen molar-refractivity contribution in [2.45, 2.75) is 29.8 Å². The first-order valence-electron chi connectivity index (χ1n) is 5.77. The molecule has 1 fully saturated rings. The van der Waals surface area contributed by atoms with Crippen LogP contribution in [0.3, 0.4) is 0 Å². The molecule has 0 saturated carbocycles. The third-order valence-corrected chi connectivity index (χ3v) is 6.03. The predicted molar refractivity (Wildman–Crippen MR) is 66.8 cm³/mol. The molecule has 1 saturated heterocycles. The van der Waals surface area contributed by atoms with Gasteiger partial charge in [-0.2, -0.15) is 0 Å². The number of methoxy groups -OCH3 is 1. The Kier molecular flexibility index (Phi) is 4.96. The Balaban J connectivity index is 1.79. The monoisotopic (exact) mass is 336 g/mol. The van der Waals surface area contributed by atoms with Crippen molar-refractivity contribution in [1.82, 2.24) is 0 Å². The van der Waals surface area contributed by atoms with Gasteiger partial charge in [0.15, 0.2) is 0 Å². The number of benzene rings is 1. The normalized spacial score (nSPS) is 20.7. The second-order valence-electron chi connectivity index (χ2n) is 3.98. The first-order valence-corrected chi connectivity index (χ1v) is 8.58. The van der Waals surface area contributed by atoms with Crippen LogP contribution in [0.1, 0.15) is 19.3 Å². The third kappa shape index (κ3) is 3.66. The molecular formula is C13H18O2Te. The van der Waals surface area contributed by atoms with E-state index in [-0.39, 0.29) is 20.9 Å². The van der Waals surface area contributed by atoms with E-state index in [9.17, 15) is 0 Å². The first kappa shape index (κ1) is 12.2. The summed E-state index contributed by atoms with van der Waals surface area (Å²) in [6.45, 7) is 0.972. The SMILES string of the molecule is COc1ccc([Te]CC2CCCCO2)cc1. The molecule has 0 aliphatic carbocycles. The molecule has 0 bridgehead atoms. The Morgan fingerprint density at radius 3 is 2.75 bits per heavy atom. The quantitative estimate of drug-likeness (QED) is 0.785. The van der Waals surface area contributed by atoms with Gasteiger partial charge in [0, 0.05) is 0 Å². The van der Waals surface area contributed by atoms with Gasteiger partial charge in [0.25, 0.3) is 0 Å². The van der Waals surface area contributed by atoms with E-state index in [4.69, 9.17) is 9.47 Å². The molecule has 88 valence electrons. The summed E-state index contributed by atoms with van der Waals surface area (Å²) in [7, 11) is 1.71. The molecule has 0 spiro atoms. The molecule has 1 aromatic rings. The minimum atomic E-state index is -0.0794. The molecule has 0 N–H and O–H groups in total. The number of hydrogen-bond acceptors (Lipinski definition) is 2. The molecule has 1 aliphatic rings. The second-order valence-corrected chi connectivity index (χ2v) is 7.10. The maximum absolute atomic E-state index is 5.75. The zero-order valence-corrected chi connectivity index (χ0v) is 12.0. The van der Waals surface area contributed by atoms with E-state index in [1.807, 2.05) is 0 Å². The summed E-state index contributed by atoms with van der Waals surface area (Å²) in [5.74, 6) is 0.949. The molecule has 1 unspecified atom stereocenters. The Labute approximate surface area is 107 Å². The standard InChI is InChI=1S/C13H18O2Te/c1-14-11-5-7-13(8-6-11)16-10-12-4-2-3-9-15-12/h5-8,12H,2-4,9-10H2,1H3. The number of rotatable bonds is 4. The van der Waals surface area contributed by atoms with Crippen LogP contribution in [-0.2, 0) is 4.74 Å². The number of ether oxygens (including phenoxy) is 2. The van der Waals surface area contributed by atoms with Crippen LogP contribution in [0.5, 0.6) is 5.75 Å². The van der Waals surface area contributed by atoms with Gasteiger partial charge < -0.3 is 0 Å². The van der Waals surface area contributed by atoms with Gasteiger partial charge in [0.2, 0.25) is 0 Å². The van der Waals surface area contributed by atoms with E-state index in [0.29, 0.717) is 6.10 Å². The topological polar surface area (TPSA) is 18.5 Å². The fraction of sp³-hybridized carbons (Fsp3) is 0.538.